The fourth-order valence-corrected chi connectivity index (χ4v) is 6.52. The predicted molar refractivity (Wildman–Crippen MR) is 159 cm³/mol. The van der Waals surface area contributed by atoms with Crippen LogP contribution in [-0.2, 0) is 0 Å². The lowest BCUT2D eigenvalue weighted by atomic mass is 9.95. The van der Waals surface area contributed by atoms with E-state index < -0.39 is 0 Å². The molecule has 2 amide bonds. The fraction of sp³-hybridized carbons (Fsp3) is 0.452. The van der Waals surface area contributed by atoms with Gasteiger partial charge in [-0.2, -0.15) is 5.10 Å². The Balaban J connectivity index is 1.21. The van der Waals surface area contributed by atoms with Gasteiger partial charge in [-0.3, -0.25) is 15.3 Å². The number of urea groups is 1. The molecular formula is C31H39N7O2. The second kappa shape index (κ2) is 11.1. The molecule has 2 heterocycles. The van der Waals surface area contributed by atoms with Gasteiger partial charge < -0.3 is 15.5 Å². The SMILES string of the molecule is CC(C)C1CNCCN1c1ccc(-c2n[nH]c3c2C(=O)c2c(NC(=O)NN(C)C4CCCCC4)cccc2-3)cc1. The minimum Gasteiger partial charge on any atom is -0.366 e. The molecule has 6 rings (SSSR count). The lowest BCUT2D eigenvalue weighted by Gasteiger charge is -2.40. The molecule has 2 fully saturated rings. The topological polar surface area (TPSA) is 105 Å². The van der Waals surface area contributed by atoms with Crippen molar-refractivity contribution in [2.45, 2.75) is 58.0 Å². The van der Waals surface area contributed by atoms with Crippen LogP contribution >= 0.6 is 0 Å². The van der Waals surface area contributed by atoms with Gasteiger partial charge in [0.1, 0.15) is 5.69 Å². The Hall–Kier alpha value is -3.69. The number of fused-ring (bicyclic) bond motifs is 3. The fourth-order valence-electron chi connectivity index (χ4n) is 6.52. The Kier molecular flexibility index (Phi) is 7.33. The highest BCUT2D eigenvalue weighted by atomic mass is 16.2. The number of carbonyl (C=O) groups is 2. The van der Waals surface area contributed by atoms with Gasteiger partial charge in [0.05, 0.1) is 22.5 Å². The number of carbonyl (C=O) groups excluding carboxylic acids is 2. The molecule has 1 aromatic heterocycles. The molecule has 2 aliphatic carbocycles. The van der Waals surface area contributed by atoms with Gasteiger partial charge in [0.2, 0.25) is 0 Å². The number of nitrogens with zero attached hydrogens (tertiary/aromatic N) is 3. The number of aromatic amines is 1. The lowest BCUT2D eigenvalue weighted by molar-refractivity contribution is 0.104. The zero-order valence-corrected chi connectivity index (χ0v) is 23.6. The number of hydrogen-bond acceptors (Lipinski definition) is 6. The van der Waals surface area contributed by atoms with Crippen molar-refractivity contribution in [3.63, 3.8) is 0 Å². The van der Waals surface area contributed by atoms with Gasteiger partial charge in [-0.15, -0.1) is 0 Å². The summed E-state index contributed by atoms with van der Waals surface area (Å²) < 4.78 is 0. The van der Waals surface area contributed by atoms with Crippen LogP contribution in [0.3, 0.4) is 0 Å². The Morgan fingerprint density at radius 3 is 2.60 bits per heavy atom. The van der Waals surface area contributed by atoms with Crippen molar-refractivity contribution < 1.29 is 9.59 Å². The number of hydrogen-bond donors (Lipinski definition) is 4. The van der Waals surface area contributed by atoms with Crippen LogP contribution < -0.4 is 21.0 Å². The molecule has 1 saturated heterocycles. The maximum Gasteiger partial charge on any atom is 0.333 e. The quantitative estimate of drug-likeness (QED) is 0.256. The van der Waals surface area contributed by atoms with E-state index in [1.807, 2.05) is 24.2 Å². The molecule has 1 aliphatic heterocycles. The molecule has 210 valence electrons. The molecule has 2 aromatic carbocycles. The predicted octanol–water partition coefficient (Wildman–Crippen LogP) is 5.02. The van der Waals surface area contributed by atoms with E-state index in [0.717, 1.165) is 43.6 Å². The monoisotopic (exact) mass is 541 g/mol. The minimum absolute atomic E-state index is 0.128. The number of amides is 2. The molecule has 4 N–H and O–H groups in total. The second-order valence-electron chi connectivity index (χ2n) is 11.6. The average molecular weight is 542 g/mol. The Morgan fingerprint density at radius 2 is 1.85 bits per heavy atom. The third-order valence-electron chi connectivity index (χ3n) is 8.73. The van der Waals surface area contributed by atoms with Crippen molar-refractivity contribution >= 4 is 23.2 Å². The first-order valence-electron chi connectivity index (χ1n) is 14.6. The summed E-state index contributed by atoms with van der Waals surface area (Å²) >= 11 is 0. The zero-order valence-electron chi connectivity index (χ0n) is 23.6. The summed E-state index contributed by atoms with van der Waals surface area (Å²) in [5, 5.41) is 16.0. The van der Waals surface area contributed by atoms with Crippen LogP contribution in [0.1, 0.15) is 61.9 Å². The van der Waals surface area contributed by atoms with E-state index in [0.29, 0.717) is 46.2 Å². The molecule has 1 saturated carbocycles. The molecule has 9 heteroatoms. The summed E-state index contributed by atoms with van der Waals surface area (Å²) in [6.07, 6.45) is 5.78. The Labute approximate surface area is 235 Å². The Bertz CT molecular complexity index is 1390. The van der Waals surface area contributed by atoms with Gasteiger partial charge in [0, 0.05) is 55.6 Å². The maximum absolute atomic E-state index is 13.8. The number of nitrogens with one attached hydrogen (secondary N) is 4. The molecular weight excluding hydrogens is 502 g/mol. The second-order valence-corrected chi connectivity index (χ2v) is 11.6. The summed E-state index contributed by atoms with van der Waals surface area (Å²) in [4.78, 5) is 29.2. The van der Waals surface area contributed by atoms with Crippen LogP contribution in [0.25, 0.3) is 22.5 Å². The van der Waals surface area contributed by atoms with E-state index >= 15 is 0 Å². The molecule has 1 atom stereocenters. The van der Waals surface area contributed by atoms with Gasteiger partial charge in [-0.1, -0.05) is 57.4 Å². The number of H-pyrrole nitrogens is 1. The van der Waals surface area contributed by atoms with Crippen molar-refractivity contribution in [3.05, 3.63) is 53.6 Å². The third kappa shape index (κ3) is 4.88. The zero-order chi connectivity index (χ0) is 27.8. The van der Waals surface area contributed by atoms with Crippen molar-refractivity contribution in [1.29, 1.82) is 0 Å². The molecule has 0 radical (unpaired) electrons. The van der Waals surface area contributed by atoms with Crippen molar-refractivity contribution in [3.8, 4) is 22.5 Å². The number of ketones is 1. The number of rotatable bonds is 6. The molecule has 40 heavy (non-hydrogen) atoms. The first-order chi connectivity index (χ1) is 19.4. The van der Waals surface area contributed by atoms with Gasteiger partial charge in [0.25, 0.3) is 0 Å². The minimum atomic E-state index is -0.341. The van der Waals surface area contributed by atoms with E-state index in [-0.39, 0.29) is 11.8 Å². The van der Waals surface area contributed by atoms with Crippen molar-refractivity contribution in [2.24, 2.45) is 5.92 Å². The van der Waals surface area contributed by atoms with Crippen molar-refractivity contribution in [2.75, 3.05) is 36.9 Å². The molecule has 1 unspecified atom stereocenters. The molecule has 0 spiro atoms. The number of piperazine rings is 1. The molecule has 9 nitrogen and oxygen atoms in total. The maximum atomic E-state index is 13.8. The summed E-state index contributed by atoms with van der Waals surface area (Å²) in [6, 6.07) is 14.3. The van der Waals surface area contributed by atoms with Crippen LogP contribution in [0.2, 0.25) is 0 Å². The number of benzene rings is 2. The van der Waals surface area contributed by atoms with E-state index in [1.165, 1.54) is 24.9 Å². The largest absolute Gasteiger partial charge is 0.366 e. The van der Waals surface area contributed by atoms with Crippen LogP contribution in [0.15, 0.2) is 42.5 Å². The number of aromatic nitrogens is 2. The highest BCUT2D eigenvalue weighted by Crippen LogP contribution is 2.43. The summed E-state index contributed by atoms with van der Waals surface area (Å²) in [7, 11) is 1.91. The average Bonchev–Trinajstić information content (AvgIpc) is 3.53. The van der Waals surface area contributed by atoms with Gasteiger partial charge in [-0.05, 0) is 37.0 Å². The number of hydrazine groups is 1. The molecule has 3 aromatic rings. The van der Waals surface area contributed by atoms with E-state index in [2.05, 4.69) is 69.3 Å². The first-order valence-corrected chi connectivity index (χ1v) is 14.6. The molecule has 0 bridgehead atoms. The van der Waals surface area contributed by atoms with E-state index in [9.17, 15) is 9.59 Å². The smallest absolute Gasteiger partial charge is 0.333 e. The van der Waals surface area contributed by atoms with Crippen LogP contribution in [0.5, 0.6) is 0 Å². The van der Waals surface area contributed by atoms with E-state index in [4.69, 9.17) is 0 Å². The lowest BCUT2D eigenvalue weighted by Crippen LogP contribution is -2.53. The number of anilines is 2. The standard InChI is InChI=1S/C31H39N7O2/c1-19(2)25-18-32-16-17-38(25)22-14-12-20(13-15-22)28-27-29(35-34-28)23-10-7-11-24(26(23)30(27)39)33-31(40)36-37(3)21-8-5-4-6-9-21/h7,10-15,19,21,25,32H,4-6,8-9,16-18H2,1-3H3,(H,34,35)(H2,33,36,40). The van der Waals surface area contributed by atoms with Crippen LogP contribution in [-0.4, -0.2) is 65.8 Å². The summed E-state index contributed by atoms with van der Waals surface area (Å²) in [5.41, 5.74) is 8.66. The highest BCUT2D eigenvalue weighted by Gasteiger charge is 2.35. The van der Waals surface area contributed by atoms with Gasteiger partial charge >= 0.3 is 6.03 Å². The summed E-state index contributed by atoms with van der Waals surface area (Å²) in [5.74, 6) is 0.409. The van der Waals surface area contributed by atoms with Gasteiger partial charge in [0.15, 0.2) is 5.78 Å². The highest BCUT2D eigenvalue weighted by molar-refractivity contribution is 6.26. The molecule has 3 aliphatic rings. The van der Waals surface area contributed by atoms with Gasteiger partial charge in [-0.25, -0.2) is 9.80 Å². The normalized spacial score (nSPS) is 19.2. The third-order valence-corrected chi connectivity index (χ3v) is 8.73. The Morgan fingerprint density at radius 1 is 1.07 bits per heavy atom. The van der Waals surface area contributed by atoms with Crippen LogP contribution in [0.4, 0.5) is 16.2 Å². The van der Waals surface area contributed by atoms with Crippen molar-refractivity contribution in [1.82, 2.24) is 25.9 Å². The van der Waals surface area contributed by atoms with Crippen LogP contribution in [0, 0.1) is 5.92 Å². The summed E-state index contributed by atoms with van der Waals surface area (Å²) in [6.45, 7) is 7.43. The van der Waals surface area contributed by atoms with E-state index in [1.54, 1.807) is 6.07 Å². The first kappa shape index (κ1) is 26.5.